The minimum Gasteiger partial charge on any atom is -0.493 e. The van der Waals surface area contributed by atoms with Gasteiger partial charge < -0.3 is 24.7 Å². The molecule has 2 aromatic carbocycles. The fourth-order valence-electron chi connectivity index (χ4n) is 2.97. The normalized spacial score (nSPS) is 11.3. The van der Waals surface area contributed by atoms with E-state index in [0.29, 0.717) is 46.4 Å². The Balaban J connectivity index is 2.53. The topological polar surface area (TPSA) is 80.0 Å². The van der Waals surface area contributed by atoms with Crippen LogP contribution in [0.25, 0.3) is 6.08 Å². The molecule has 0 spiro atoms. The summed E-state index contributed by atoms with van der Waals surface area (Å²) in [6.45, 7) is 6.36. The van der Waals surface area contributed by atoms with Crippen LogP contribution in [0.3, 0.4) is 0 Å². The van der Waals surface area contributed by atoms with Crippen LogP contribution in [0.1, 0.15) is 36.7 Å². The molecule has 29 heavy (non-hydrogen) atoms. The number of hydrogen-bond acceptors (Lipinski definition) is 6. The molecule has 6 nitrogen and oxygen atoms in total. The highest BCUT2D eigenvalue weighted by atomic mass is 16.5. The van der Waals surface area contributed by atoms with Crippen LogP contribution in [0.15, 0.2) is 35.9 Å². The van der Waals surface area contributed by atoms with Crippen LogP contribution in [0.4, 0.5) is 5.69 Å². The molecule has 0 aliphatic heterocycles. The molecule has 0 aliphatic carbocycles. The van der Waals surface area contributed by atoms with Crippen molar-refractivity contribution in [1.29, 1.82) is 0 Å². The largest absolute Gasteiger partial charge is 0.493 e. The van der Waals surface area contributed by atoms with Gasteiger partial charge in [-0.1, -0.05) is 19.9 Å². The van der Waals surface area contributed by atoms with Crippen molar-refractivity contribution in [2.24, 2.45) is 5.92 Å². The molecule has 2 N–H and O–H groups in total. The molecule has 2 aromatic rings. The van der Waals surface area contributed by atoms with Gasteiger partial charge in [0.25, 0.3) is 0 Å². The van der Waals surface area contributed by atoms with Gasteiger partial charge in [-0.15, -0.1) is 0 Å². The van der Waals surface area contributed by atoms with E-state index < -0.39 is 0 Å². The summed E-state index contributed by atoms with van der Waals surface area (Å²) in [5.74, 6) is 1.80. The number of methoxy groups -OCH3 is 3. The second kappa shape index (κ2) is 9.87. The van der Waals surface area contributed by atoms with Crippen molar-refractivity contribution in [1.82, 2.24) is 0 Å². The molecule has 0 atom stereocenters. The minimum absolute atomic E-state index is 0.00492. The van der Waals surface area contributed by atoms with Crippen LogP contribution in [0, 0.1) is 5.92 Å². The summed E-state index contributed by atoms with van der Waals surface area (Å²) in [6, 6.07) is 8.80. The van der Waals surface area contributed by atoms with Crippen LogP contribution in [-0.2, 0) is 0 Å². The third-order valence-electron chi connectivity index (χ3n) is 4.47. The zero-order valence-corrected chi connectivity index (χ0v) is 17.9. The maximum atomic E-state index is 13.3. The lowest BCUT2D eigenvalue weighted by molar-refractivity contribution is 0.102. The highest BCUT2D eigenvalue weighted by Crippen LogP contribution is 2.39. The first-order chi connectivity index (χ1) is 13.9. The lowest BCUT2D eigenvalue weighted by Crippen LogP contribution is -2.10. The number of nitrogen functional groups attached to an aromatic ring is 1. The molecule has 0 bridgehead atoms. The number of Topliss-reactive ketones (excluding diaryl/α,β-unsaturated/α-hetero) is 1. The Morgan fingerprint density at radius 3 is 2.10 bits per heavy atom. The van der Waals surface area contributed by atoms with Gasteiger partial charge in [-0.2, -0.15) is 0 Å². The molecular weight excluding hydrogens is 370 g/mol. The van der Waals surface area contributed by atoms with E-state index in [1.807, 2.05) is 39.0 Å². The van der Waals surface area contributed by atoms with Crippen molar-refractivity contribution in [3.8, 4) is 23.0 Å². The molecule has 2 rings (SSSR count). The predicted octanol–water partition coefficient (Wildman–Crippen LogP) is 4.62. The van der Waals surface area contributed by atoms with E-state index in [0.717, 1.165) is 5.56 Å². The second-order valence-electron chi connectivity index (χ2n) is 6.73. The molecule has 0 aromatic heterocycles. The van der Waals surface area contributed by atoms with E-state index in [2.05, 4.69) is 0 Å². The quantitative estimate of drug-likeness (QED) is 0.377. The maximum absolute atomic E-state index is 13.3. The monoisotopic (exact) mass is 399 g/mol. The summed E-state index contributed by atoms with van der Waals surface area (Å²) in [5, 5.41) is 0. The summed E-state index contributed by atoms with van der Waals surface area (Å²) in [6.07, 6.45) is 1.86. The van der Waals surface area contributed by atoms with Gasteiger partial charge in [0.1, 0.15) is 5.75 Å². The number of carbonyl (C=O) groups excluding carboxylic acids is 1. The fourth-order valence-corrected chi connectivity index (χ4v) is 2.97. The molecule has 0 radical (unpaired) electrons. The highest BCUT2D eigenvalue weighted by molar-refractivity contribution is 6.12. The van der Waals surface area contributed by atoms with Gasteiger partial charge in [0, 0.05) is 11.1 Å². The Morgan fingerprint density at radius 2 is 1.62 bits per heavy atom. The van der Waals surface area contributed by atoms with Gasteiger partial charge in [0.05, 0.1) is 33.6 Å². The second-order valence-corrected chi connectivity index (χ2v) is 6.73. The zero-order chi connectivity index (χ0) is 21.6. The molecular formula is C23H29NO5. The summed E-state index contributed by atoms with van der Waals surface area (Å²) in [4.78, 5) is 13.3. The Hall–Kier alpha value is -3.15. The first-order valence-electron chi connectivity index (χ1n) is 9.44. The van der Waals surface area contributed by atoms with Gasteiger partial charge in [0.15, 0.2) is 17.3 Å². The molecule has 6 heteroatoms. The fraction of sp³-hybridized carbons (Fsp3) is 0.348. The number of rotatable bonds is 9. The number of hydrogen-bond donors (Lipinski definition) is 1. The molecule has 0 unspecified atom stereocenters. The molecule has 0 fully saturated rings. The summed E-state index contributed by atoms with van der Waals surface area (Å²) >= 11 is 0. The van der Waals surface area contributed by atoms with E-state index in [9.17, 15) is 4.79 Å². The van der Waals surface area contributed by atoms with Gasteiger partial charge in [-0.3, -0.25) is 4.79 Å². The number of anilines is 1. The van der Waals surface area contributed by atoms with Crippen molar-refractivity contribution in [3.63, 3.8) is 0 Å². The van der Waals surface area contributed by atoms with E-state index in [-0.39, 0.29) is 11.7 Å². The molecule has 0 aliphatic rings. The van der Waals surface area contributed by atoms with Crippen molar-refractivity contribution < 1.29 is 23.7 Å². The first kappa shape index (κ1) is 22.1. The third kappa shape index (κ3) is 5.02. The lowest BCUT2D eigenvalue weighted by Gasteiger charge is -2.16. The number of ether oxygens (including phenoxy) is 4. The van der Waals surface area contributed by atoms with Crippen LogP contribution >= 0.6 is 0 Å². The Labute approximate surface area is 172 Å². The molecule has 0 saturated carbocycles. The smallest absolute Gasteiger partial charge is 0.203 e. The SMILES string of the molecule is CCOc1cc(C=C(C(=O)c2cc(OC)c(OC)c(OC)c2)C(C)C)ccc1N. The van der Waals surface area contributed by atoms with Crippen LogP contribution in [-0.4, -0.2) is 33.7 Å². The molecule has 0 saturated heterocycles. The Kier molecular flexibility index (Phi) is 7.53. The predicted molar refractivity (Wildman–Crippen MR) is 115 cm³/mol. The van der Waals surface area contributed by atoms with Crippen molar-refractivity contribution >= 4 is 17.5 Å². The summed E-state index contributed by atoms with van der Waals surface area (Å²) < 4.78 is 21.7. The van der Waals surface area contributed by atoms with E-state index in [4.69, 9.17) is 24.7 Å². The van der Waals surface area contributed by atoms with Crippen molar-refractivity contribution in [3.05, 3.63) is 47.0 Å². The zero-order valence-electron chi connectivity index (χ0n) is 17.9. The van der Waals surface area contributed by atoms with E-state index >= 15 is 0 Å². The lowest BCUT2D eigenvalue weighted by atomic mass is 9.92. The highest BCUT2D eigenvalue weighted by Gasteiger charge is 2.21. The van der Waals surface area contributed by atoms with Crippen LogP contribution < -0.4 is 24.7 Å². The number of ketones is 1. The maximum Gasteiger partial charge on any atom is 0.203 e. The molecule has 156 valence electrons. The van der Waals surface area contributed by atoms with Crippen LogP contribution in [0.5, 0.6) is 23.0 Å². The van der Waals surface area contributed by atoms with Gasteiger partial charge in [0.2, 0.25) is 5.75 Å². The number of carbonyl (C=O) groups is 1. The first-order valence-corrected chi connectivity index (χ1v) is 9.44. The average Bonchev–Trinajstić information content (AvgIpc) is 2.72. The van der Waals surface area contributed by atoms with Crippen LogP contribution in [0.2, 0.25) is 0 Å². The molecule has 0 heterocycles. The number of allylic oxidation sites excluding steroid dienone is 1. The Morgan fingerprint density at radius 1 is 1.00 bits per heavy atom. The standard InChI is InChI=1S/C23H29NO5/c1-7-29-19-11-15(8-9-18(19)24)10-17(14(2)3)22(25)16-12-20(26-4)23(28-6)21(13-16)27-5/h8-14H,7,24H2,1-6H3. The minimum atomic E-state index is -0.117. The van der Waals surface area contributed by atoms with Crippen molar-refractivity contribution in [2.75, 3.05) is 33.7 Å². The number of benzene rings is 2. The third-order valence-corrected chi connectivity index (χ3v) is 4.47. The van der Waals surface area contributed by atoms with Gasteiger partial charge >= 0.3 is 0 Å². The summed E-state index contributed by atoms with van der Waals surface area (Å²) in [5.41, 5.74) is 8.46. The van der Waals surface area contributed by atoms with Gasteiger partial charge in [-0.05, 0) is 48.7 Å². The van der Waals surface area contributed by atoms with Crippen molar-refractivity contribution in [2.45, 2.75) is 20.8 Å². The number of nitrogens with two attached hydrogens (primary N) is 1. The van der Waals surface area contributed by atoms with E-state index in [1.165, 1.54) is 21.3 Å². The van der Waals surface area contributed by atoms with Gasteiger partial charge in [-0.25, -0.2) is 0 Å². The van der Waals surface area contributed by atoms with E-state index in [1.54, 1.807) is 18.2 Å². The average molecular weight is 399 g/mol. The Bertz CT molecular complexity index is 877. The molecule has 0 amide bonds. The summed E-state index contributed by atoms with van der Waals surface area (Å²) in [7, 11) is 4.57.